The number of ketones is 1. The monoisotopic (exact) mass is 539 g/mol. The molecule has 39 heavy (non-hydrogen) atoms. The molecule has 2 N–H and O–H groups in total. The summed E-state index contributed by atoms with van der Waals surface area (Å²) < 4.78 is 28.5. The highest BCUT2D eigenvalue weighted by atomic mass is 16.7. The lowest BCUT2D eigenvalue weighted by molar-refractivity contribution is -0.150. The van der Waals surface area contributed by atoms with E-state index in [0.29, 0.717) is 23.7 Å². The van der Waals surface area contributed by atoms with Gasteiger partial charge in [0.15, 0.2) is 41.2 Å². The van der Waals surface area contributed by atoms with Crippen LogP contribution in [-0.4, -0.2) is 97.0 Å². The number of aryl methyl sites for hydroxylation is 1. The van der Waals surface area contributed by atoms with Crippen molar-refractivity contribution >= 4 is 5.78 Å². The fourth-order valence-electron chi connectivity index (χ4n) is 7.55. The number of rotatable bonds is 5. The van der Waals surface area contributed by atoms with Gasteiger partial charge in [0.1, 0.15) is 6.04 Å². The van der Waals surface area contributed by atoms with Gasteiger partial charge in [0.2, 0.25) is 6.79 Å². The molecule has 6 atom stereocenters. The number of aliphatic hydroxyl groups excluding tert-OH is 1. The molecule has 2 unspecified atom stereocenters. The number of piperidine rings is 1. The van der Waals surface area contributed by atoms with Gasteiger partial charge in [-0.3, -0.25) is 14.6 Å². The predicted molar refractivity (Wildman–Crippen MR) is 135 cm³/mol. The van der Waals surface area contributed by atoms with E-state index in [-0.39, 0.29) is 49.0 Å². The summed E-state index contributed by atoms with van der Waals surface area (Å²) in [6, 6.07) is 1.96. The molecule has 3 fully saturated rings. The number of carbonyl (C=O) groups excluding carboxylic acids is 1. The molecule has 11 heteroatoms. The van der Waals surface area contributed by atoms with Crippen molar-refractivity contribution in [3.63, 3.8) is 0 Å². The molecule has 1 aromatic rings. The molecule has 2 bridgehead atoms. The van der Waals surface area contributed by atoms with Gasteiger partial charge in [-0.15, -0.1) is 0 Å². The van der Waals surface area contributed by atoms with Crippen molar-refractivity contribution in [2.45, 2.75) is 62.5 Å². The summed E-state index contributed by atoms with van der Waals surface area (Å²) in [6.07, 6.45) is 0.559. The number of nitriles is 1. The summed E-state index contributed by atoms with van der Waals surface area (Å²) in [7, 11) is 5.09. The van der Waals surface area contributed by atoms with Crippen LogP contribution < -0.4 is 9.47 Å². The number of hydrogen-bond acceptors (Lipinski definition) is 11. The second-order valence-electron chi connectivity index (χ2n) is 10.8. The first kappa shape index (κ1) is 26.1. The number of nitrogens with zero attached hydrogens (tertiary/aromatic N) is 3. The van der Waals surface area contributed by atoms with Crippen molar-refractivity contribution in [1.29, 1.82) is 5.26 Å². The predicted octanol–water partition coefficient (Wildman–Crippen LogP) is 1.07. The van der Waals surface area contributed by atoms with Gasteiger partial charge in [-0.05, 0) is 38.4 Å². The van der Waals surface area contributed by atoms with Gasteiger partial charge < -0.3 is 33.9 Å². The first-order valence-electron chi connectivity index (χ1n) is 13.0. The summed E-state index contributed by atoms with van der Waals surface area (Å²) in [6.45, 7) is 3.06. The Bertz CT molecular complexity index is 1350. The van der Waals surface area contributed by atoms with Gasteiger partial charge >= 0.3 is 0 Å². The zero-order valence-electron chi connectivity index (χ0n) is 22.7. The Morgan fingerprint density at radius 3 is 2.62 bits per heavy atom. The van der Waals surface area contributed by atoms with Crippen molar-refractivity contribution < 1.29 is 38.7 Å². The summed E-state index contributed by atoms with van der Waals surface area (Å²) in [5.41, 5.74) is 1.40. The van der Waals surface area contributed by atoms with E-state index in [0.717, 1.165) is 16.7 Å². The number of Topliss-reactive ketones (excluding diaryl/α,β-unsaturated/α-hetero) is 1. The van der Waals surface area contributed by atoms with Crippen LogP contribution in [0, 0.1) is 18.3 Å². The zero-order valence-corrected chi connectivity index (χ0v) is 22.7. The number of aliphatic hydroxyl groups is 2. The number of methoxy groups -OCH3 is 2. The van der Waals surface area contributed by atoms with Crippen LogP contribution in [-0.2, 0) is 25.4 Å². The van der Waals surface area contributed by atoms with Crippen LogP contribution in [0.5, 0.6) is 11.5 Å². The molecular weight excluding hydrogens is 506 g/mol. The lowest BCUT2D eigenvalue weighted by Gasteiger charge is -2.62. The molecule has 11 nitrogen and oxygen atoms in total. The quantitative estimate of drug-likeness (QED) is 0.521. The molecule has 3 saturated heterocycles. The highest BCUT2D eigenvalue weighted by Crippen LogP contribution is 2.56. The van der Waals surface area contributed by atoms with Crippen LogP contribution in [0.2, 0.25) is 0 Å². The van der Waals surface area contributed by atoms with E-state index < -0.39 is 36.1 Å². The number of ether oxygens (including phenoxy) is 5. The highest BCUT2D eigenvalue weighted by Gasteiger charge is 2.64. The summed E-state index contributed by atoms with van der Waals surface area (Å²) in [5.74, 6) is 1.22. The third-order valence-electron chi connectivity index (χ3n) is 9.05. The lowest BCUT2D eigenvalue weighted by atomic mass is 9.65. The molecule has 1 aromatic carbocycles. The smallest absolute Gasteiger partial charge is 0.231 e. The van der Waals surface area contributed by atoms with Crippen LogP contribution in [0.4, 0.5) is 0 Å². The Morgan fingerprint density at radius 1 is 1.21 bits per heavy atom. The summed E-state index contributed by atoms with van der Waals surface area (Å²) in [5, 5.41) is 33.5. The van der Waals surface area contributed by atoms with Crippen molar-refractivity contribution in [2.75, 3.05) is 41.5 Å². The third kappa shape index (κ3) is 3.36. The number of benzene rings is 1. The number of likely N-dealkylation sites (N-methyl/N-ethyl adjacent to an activating group) is 1. The lowest BCUT2D eigenvalue weighted by Crippen LogP contribution is -2.74. The van der Waals surface area contributed by atoms with Gasteiger partial charge in [0.05, 0.1) is 31.9 Å². The Balaban J connectivity index is 1.59. The van der Waals surface area contributed by atoms with Gasteiger partial charge in [0, 0.05) is 42.3 Å². The van der Waals surface area contributed by atoms with Gasteiger partial charge in [-0.2, -0.15) is 5.26 Å². The minimum atomic E-state index is -1.93. The minimum Gasteiger partial charge on any atom is -0.493 e. The summed E-state index contributed by atoms with van der Waals surface area (Å²) >= 11 is 0. The first-order valence-corrected chi connectivity index (χ1v) is 13.0. The first-order chi connectivity index (χ1) is 18.7. The number of carbonyl (C=O) groups is 1. The summed E-state index contributed by atoms with van der Waals surface area (Å²) in [4.78, 5) is 17.9. The van der Waals surface area contributed by atoms with E-state index in [2.05, 4.69) is 17.0 Å². The van der Waals surface area contributed by atoms with Crippen LogP contribution >= 0.6 is 0 Å². The largest absolute Gasteiger partial charge is 0.493 e. The van der Waals surface area contributed by atoms with E-state index in [9.17, 15) is 20.3 Å². The fraction of sp³-hybridized carbons (Fsp3) is 0.571. The van der Waals surface area contributed by atoms with E-state index in [1.54, 1.807) is 21.1 Å². The number of piperazine rings is 1. The van der Waals surface area contributed by atoms with Crippen molar-refractivity contribution in [3.8, 4) is 17.6 Å². The maximum absolute atomic E-state index is 13.7. The molecular formula is C28H33N3O8. The Hall–Kier alpha value is -3.14. The molecule has 0 radical (unpaired) electrons. The van der Waals surface area contributed by atoms with E-state index in [1.165, 1.54) is 0 Å². The van der Waals surface area contributed by atoms with Crippen molar-refractivity contribution in [1.82, 2.24) is 9.80 Å². The van der Waals surface area contributed by atoms with Crippen LogP contribution in [0.15, 0.2) is 28.7 Å². The molecule has 1 aliphatic carbocycles. The van der Waals surface area contributed by atoms with E-state index >= 15 is 0 Å². The molecule has 5 aliphatic rings. The minimum absolute atomic E-state index is 0.00333. The van der Waals surface area contributed by atoms with Crippen LogP contribution in [0.3, 0.4) is 0 Å². The molecule has 0 spiro atoms. The molecule has 0 amide bonds. The van der Waals surface area contributed by atoms with Gasteiger partial charge in [-0.25, -0.2) is 0 Å². The molecule has 208 valence electrons. The van der Waals surface area contributed by atoms with Crippen LogP contribution in [0.25, 0.3) is 0 Å². The molecule has 0 saturated carbocycles. The van der Waals surface area contributed by atoms with Crippen molar-refractivity contribution in [3.05, 3.63) is 45.4 Å². The van der Waals surface area contributed by atoms with Gasteiger partial charge in [-0.1, -0.05) is 6.07 Å². The number of fused-ring (bicyclic) bond motifs is 8. The highest BCUT2D eigenvalue weighted by molar-refractivity contribution is 6.06. The van der Waals surface area contributed by atoms with E-state index in [1.807, 2.05) is 18.9 Å². The Morgan fingerprint density at radius 2 is 1.95 bits per heavy atom. The maximum atomic E-state index is 13.7. The molecule has 4 heterocycles. The second-order valence-corrected chi connectivity index (χ2v) is 10.8. The Kier molecular flexibility index (Phi) is 6.17. The van der Waals surface area contributed by atoms with Crippen molar-refractivity contribution in [2.24, 2.45) is 0 Å². The molecule has 4 aliphatic heterocycles. The zero-order chi connectivity index (χ0) is 27.8. The molecule has 6 rings (SSSR count). The molecule has 0 aromatic heterocycles. The second kappa shape index (κ2) is 9.21. The SMILES string of the molecule is COCOc1c(OC)c(C)cc2c1[C@@H]1C3CC4(O)C(=O)C(C)=C5OCOC5=C4[C@H](CO)N3[C@@H](C#N)[C@H](C2)N1C. The maximum Gasteiger partial charge on any atom is 0.231 e. The Labute approximate surface area is 226 Å². The normalized spacial score (nSPS) is 33.4. The average molecular weight is 540 g/mol. The topological polar surface area (TPSA) is 134 Å². The average Bonchev–Trinajstić information content (AvgIpc) is 3.40. The van der Waals surface area contributed by atoms with E-state index in [4.69, 9.17) is 23.7 Å². The van der Waals surface area contributed by atoms with Gasteiger partial charge in [0.25, 0.3) is 0 Å². The van der Waals surface area contributed by atoms with Crippen LogP contribution in [0.1, 0.15) is 36.1 Å². The standard InChI is InChI=1S/C28H33N3O8/c1-13-6-15-7-16-18(9-29)31-17(22(30(16)3)20(15)25(23(13)36-5)37-11-35-4)8-28(34)21(19(31)10-32)26-24(38-12-39-26)14(2)27(28)33/h6,16-19,22,32,34H,7-8,10-12H2,1-5H3/t16-,17?,18-,19-,22-,28?/m0/s1. The fourth-order valence-corrected chi connectivity index (χ4v) is 7.55. The number of hydrogen-bond donors (Lipinski definition) is 2. The third-order valence-corrected chi connectivity index (χ3v) is 9.05.